The van der Waals surface area contributed by atoms with Gasteiger partial charge in [-0.15, -0.1) is 0 Å². The second-order valence-electron chi connectivity index (χ2n) is 3.71. The molecular weight excluding hydrogens is 302 g/mol. The number of hydrogen-bond donors (Lipinski definition) is 2. The molecule has 0 aliphatic heterocycles. The van der Waals surface area contributed by atoms with Crippen molar-refractivity contribution >= 4 is 21.8 Å². The Balaban J connectivity index is 2.06. The molecule has 1 heterocycles. The van der Waals surface area contributed by atoms with Gasteiger partial charge in [-0.25, -0.2) is 4.79 Å². The zero-order valence-electron chi connectivity index (χ0n) is 9.49. The van der Waals surface area contributed by atoms with Gasteiger partial charge in [-0.3, -0.25) is 14.3 Å². The van der Waals surface area contributed by atoms with Gasteiger partial charge in [0.15, 0.2) is 5.82 Å². The summed E-state index contributed by atoms with van der Waals surface area (Å²) in [5.74, 6) is -0.627. The van der Waals surface area contributed by atoms with E-state index < -0.39 is 5.76 Å². The van der Waals surface area contributed by atoms with Crippen LogP contribution in [-0.4, -0.2) is 16.0 Å². The maximum absolute atomic E-state index is 11.9. The fourth-order valence-corrected chi connectivity index (χ4v) is 2.07. The molecule has 2 aromatic rings. The van der Waals surface area contributed by atoms with Crippen molar-refractivity contribution in [1.82, 2.24) is 15.5 Å². The molecule has 0 spiro atoms. The molecule has 94 valence electrons. The average Bonchev–Trinajstić information content (AvgIpc) is 2.72. The molecule has 1 aromatic carbocycles. The summed E-state index contributed by atoms with van der Waals surface area (Å²) in [4.78, 5) is 24.9. The number of aromatic nitrogens is 2. The summed E-state index contributed by atoms with van der Waals surface area (Å²) in [7, 11) is 0. The summed E-state index contributed by atoms with van der Waals surface area (Å²) in [5.41, 5.74) is 1.57. The van der Waals surface area contributed by atoms with Crippen LogP contribution in [0, 0.1) is 6.92 Å². The lowest BCUT2D eigenvalue weighted by atomic mass is 10.1. The zero-order chi connectivity index (χ0) is 13.1. The molecule has 18 heavy (non-hydrogen) atoms. The van der Waals surface area contributed by atoms with Crippen molar-refractivity contribution in [2.45, 2.75) is 13.5 Å². The first-order valence-corrected chi connectivity index (χ1v) is 5.95. The van der Waals surface area contributed by atoms with Crippen molar-refractivity contribution in [3.8, 4) is 0 Å². The predicted molar refractivity (Wildman–Crippen MR) is 67.2 cm³/mol. The first-order chi connectivity index (χ1) is 8.56. The number of nitrogens with zero attached hydrogens (tertiary/aromatic N) is 1. The second kappa shape index (κ2) is 5.18. The fourth-order valence-electron chi connectivity index (χ4n) is 1.40. The van der Waals surface area contributed by atoms with Crippen LogP contribution >= 0.6 is 15.9 Å². The zero-order valence-corrected chi connectivity index (χ0v) is 11.1. The van der Waals surface area contributed by atoms with E-state index in [0.717, 1.165) is 5.56 Å². The molecule has 7 heteroatoms. The molecule has 0 radical (unpaired) electrons. The Morgan fingerprint density at radius 3 is 2.94 bits per heavy atom. The van der Waals surface area contributed by atoms with Gasteiger partial charge in [-0.1, -0.05) is 11.2 Å². The van der Waals surface area contributed by atoms with Gasteiger partial charge in [-0.2, -0.15) is 0 Å². The SMILES string of the molecule is Cc1ccc(C(=O)NCc2noc(=O)[nH]2)c(Br)c1. The molecule has 0 saturated heterocycles. The van der Waals surface area contributed by atoms with Crippen molar-refractivity contribution in [2.24, 2.45) is 0 Å². The Hall–Kier alpha value is -1.89. The number of aromatic amines is 1. The first-order valence-electron chi connectivity index (χ1n) is 5.15. The van der Waals surface area contributed by atoms with E-state index in [1.807, 2.05) is 19.1 Å². The number of hydrogen-bond acceptors (Lipinski definition) is 4. The summed E-state index contributed by atoms with van der Waals surface area (Å²) < 4.78 is 5.04. The van der Waals surface area contributed by atoms with E-state index in [9.17, 15) is 9.59 Å². The average molecular weight is 312 g/mol. The van der Waals surface area contributed by atoms with E-state index in [1.54, 1.807) is 6.07 Å². The van der Waals surface area contributed by atoms with Gasteiger partial charge in [0.2, 0.25) is 0 Å². The number of carbonyl (C=O) groups is 1. The molecule has 1 amide bonds. The van der Waals surface area contributed by atoms with Gasteiger partial charge in [0.25, 0.3) is 5.91 Å². The Morgan fingerprint density at radius 2 is 2.33 bits per heavy atom. The molecule has 0 atom stereocenters. The summed E-state index contributed by atoms with van der Waals surface area (Å²) >= 11 is 3.33. The number of rotatable bonds is 3. The van der Waals surface area contributed by atoms with Crippen molar-refractivity contribution in [3.05, 3.63) is 50.2 Å². The third-order valence-corrected chi connectivity index (χ3v) is 2.93. The van der Waals surface area contributed by atoms with Crippen molar-refractivity contribution < 1.29 is 9.32 Å². The van der Waals surface area contributed by atoms with Gasteiger partial charge in [-0.05, 0) is 40.5 Å². The number of nitrogens with one attached hydrogen (secondary N) is 2. The highest BCUT2D eigenvalue weighted by Gasteiger charge is 2.10. The van der Waals surface area contributed by atoms with Crippen LogP contribution in [0.5, 0.6) is 0 Å². The van der Waals surface area contributed by atoms with E-state index in [4.69, 9.17) is 0 Å². The maximum Gasteiger partial charge on any atom is 0.438 e. The highest BCUT2D eigenvalue weighted by Crippen LogP contribution is 2.18. The van der Waals surface area contributed by atoms with Crippen LogP contribution in [0.25, 0.3) is 0 Å². The minimum Gasteiger partial charge on any atom is -0.345 e. The Morgan fingerprint density at radius 1 is 1.56 bits per heavy atom. The largest absolute Gasteiger partial charge is 0.438 e. The molecule has 0 aliphatic carbocycles. The van der Waals surface area contributed by atoms with E-state index >= 15 is 0 Å². The lowest BCUT2D eigenvalue weighted by Gasteiger charge is -2.05. The molecule has 0 saturated carbocycles. The second-order valence-corrected chi connectivity index (χ2v) is 4.56. The third kappa shape index (κ3) is 2.86. The monoisotopic (exact) mass is 311 g/mol. The predicted octanol–water partition coefficient (Wildman–Crippen LogP) is 1.36. The Bertz CT molecular complexity index is 632. The molecule has 2 rings (SSSR count). The molecule has 0 bridgehead atoms. The van der Waals surface area contributed by atoms with Crippen molar-refractivity contribution in [2.75, 3.05) is 0 Å². The molecular formula is C11H10BrN3O3. The van der Waals surface area contributed by atoms with Crippen LogP contribution in [-0.2, 0) is 6.54 Å². The van der Waals surface area contributed by atoms with Gasteiger partial charge >= 0.3 is 5.76 Å². The quantitative estimate of drug-likeness (QED) is 0.896. The molecule has 6 nitrogen and oxygen atoms in total. The lowest BCUT2D eigenvalue weighted by Crippen LogP contribution is -2.24. The van der Waals surface area contributed by atoms with Crippen LogP contribution < -0.4 is 11.1 Å². The van der Waals surface area contributed by atoms with Gasteiger partial charge < -0.3 is 5.32 Å². The van der Waals surface area contributed by atoms with Crippen LogP contribution in [0.3, 0.4) is 0 Å². The topological polar surface area (TPSA) is 88.0 Å². The molecule has 2 N–H and O–H groups in total. The Labute approximate surface area is 111 Å². The number of aryl methyl sites for hydroxylation is 1. The minimum atomic E-state index is -0.643. The van der Waals surface area contributed by atoms with E-state index in [2.05, 4.69) is 35.9 Å². The number of amides is 1. The van der Waals surface area contributed by atoms with E-state index in [-0.39, 0.29) is 18.3 Å². The molecule has 0 unspecified atom stereocenters. The fraction of sp³-hybridized carbons (Fsp3) is 0.182. The number of H-pyrrole nitrogens is 1. The highest BCUT2D eigenvalue weighted by molar-refractivity contribution is 9.10. The minimum absolute atomic E-state index is 0.102. The molecule has 0 aliphatic rings. The maximum atomic E-state index is 11.9. The summed E-state index contributed by atoms with van der Waals surface area (Å²) in [6.07, 6.45) is 0. The standard InChI is InChI=1S/C11H10BrN3O3/c1-6-2-3-7(8(12)4-6)10(16)13-5-9-14-11(17)18-15-9/h2-4H,5H2,1H3,(H,13,16)(H,14,15,17). The number of benzene rings is 1. The summed E-state index contributed by atoms with van der Waals surface area (Å²) in [6.45, 7) is 2.04. The van der Waals surface area contributed by atoms with Crippen LogP contribution in [0.2, 0.25) is 0 Å². The molecule has 1 aromatic heterocycles. The third-order valence-electron chi connectivity index (χ3n) is 2.27. The smallest absolute Gasteiger partial charge is 0.345 e. The van der Waals surface area contributed by atoms with Crippen molar-refractivity contribution in [1.29, 1.82) is 0 Å². The van der Waals surface area contributed by atoms with Crippen LogP contribution in [0.4, 0.5) is 0 Å². The molecule has 0 fully saturated rings. The van der Waals surface area contributed by atoms with E-state index in [1.165, 1.54) is 0 Å². The van der Waals surface area contributed by atoms with Gasteiger partial charge in [0, 0.05) is 4.47 Å². The first kappa shape index (κ1) is 12.6. The normalized spacial score (nSPS) is 10.3. The lowest BCUT2D eigenvalue weighted by molar-refractivity contribution is 0.0949. The number of carbonyl (C=O) groups excluding carboxylic acids is 1. The van der Waals surface area contributed by atoms with Crippen LogP contribution in [0.1, 0.15) is 21.7 Å². The highest BCUT2D eigenvalue weighted by atomic mass is 79.9. The number of halogens is 1. The van der Waals surface area contributed by atoms with E-state index in [0.29, 0.717) is 10.0 Å². The summed E-state index contributed by atoms with van der Waals surface area (Å²) in [5, 5.41) is 6.08. The summed E-state index contributed by atoms with van der Waals surface area (Å²) in [6, 6.07) is 5.42. The Kier molecular flexibility index (Phi) is 3.61. The van der Waals surface area contributed by atoms with Crippen LogP contribution in [0.15, 0.2) is 32.0 Å². The van der Waals surface area contributed by atoms with Gasteiger partial charge in [0.1, 0.15) is 0 Å². The van der Waals surface area contributed by atoms with Gasteiger partial charge in [0.05, 0.1) is 12.1 Å². The van der Waals surface area contributed by atoms with Crippen molar-refractivity contribution in [3.63, 3.8) is 0 Å².